The van der Waals surface area contributed by atoms with Crippen molar-refractivity contribution in [2.75, 3.05) is 31.6 Å². The summed E-state index contributed by atoms with van der Waals surface area (Å²) in [6.07, 6.45) is 2.98. The van der Waals surface area contributed by atoms with Crippen molar-refractivity contribution >= 4 is 17.4 Å². The normalized spacial score (nSPS) is 18.3. The fraction of sp³-hybridized carbons (Fsp3) is 0.350. The van der Waals surface area contributed by atoms with Crippen molar-refractivity contribution in [2.45, 2.75) is 18.6 Å². The fourth-order valence-corrected chi connectivity index (χ4v) is 3.39. The van der Waals surface area contributed by atoms with Gasteiger partial charge < -0.3 is 19.7 Å². The number of carbonyl (C=O) groups is 1. The minimum atomic E-state index is -0.482. The van der Waals surface area contributed by atoms with E-state index in [1.807, 2.05) is 17.0 Å². The zero-order valence-electron chi connectivity index (χ0n) is 14.9. The van der Waals surface area contributed by atoms with Gasteiger partial charge in [-0.25, -0.2) is 4.98 Å². The lowest BCUT2D eigenvalue weighted by atomic mass is 10.0. The summed E-state index contributed by atoms with van der Waals surface area (Å²) in [6, 6.07) is 12.7. The number of piperidine rings is 1. The SMILES string of the molecule is N#Cc1ccc(Nc2ccc(C(=O)N3CCC4(CC3)OCCO4)cn2)cc1. The van der Waals surface area contributed by atoms with Crippen LogP contribution in [0.1, 0.15) is 28.8 Å². The van der Waals surface area contributed by atoms with Crippen molar-refractivity contribution in [1.82, 2.24) is 9.88 Å². The number of amides is 1. The number of hydrogen-bond donors (Lipinski definition) is 1. The number of rotatable bonds is 3. The maximum Gasteiger partial charge on any atom is 0.255 e. The maximum atomic E-state index is 12.7. The number of carbonyl (C=O) groups excluding carboxylic acids is 1. The molecule has 1 N–H and O–H groups in total. The van der Waals surface area contributed by atoms with Gasteiger partial charge in [-0.05, 0) is 36.4 Å². The predicted molar refractivity (Wildman–Crippen MR) is 98.4 cm³/mol. The van der Waals surface area contributed by atoms with E-state index in [-0.39, 0.29) is 5.91 Å². The summed E-state index contributed by atoms with van der Waals surface area (Å²) < 4.78 is 11.4. The molecule has 2 fully saturated rings. The molecule has 0 aliphatic carbocycles. The van der Waals surface area contributed by atoms with Crippen LogP contribution in [0.3, 0.4) is 0 Å². The smallest absolute Gasteiger partial charge is 0.255 e. The van der Waals surface area contributed by atoms with Crippen molar-refractivity contribution in [3.05, 3.63) is 53.7 Å². The third-order valence-corrected chi connectivity index (χ3v) is 4.92. The molecule has 2 saturated heterocycles. The van der Waals surface area contributed by atoms with Crippen molar-refractivity contribution in [3.63, 3.8) is 0 Å². The second kappa shape index (κ2) is 7.35. The number of ether oxygens (including phenoxy) is 2. The average molecular weight is 364 g/mol. The van der Waals surface area contributed by atoms with Crippen LogP contribution in [-0.2, 0) is 9.47 Å². The Morgan fingerprint density at radius 3 is 2.41 bits per heavy atom. The molecule has 1 amide bonds. The lowest BCUT2D eigenvalue weighted by Crippen LogP contribution is -2.47. The Labute approximate surface area is 157 Å². The summed E-state index contributed by atoms with van der Waals surface area (Å²) in [6.45, 7) is 2.49. The molecular formula is C20H20N4O3. The molecule has 0 saturated carbocycles. The number of nitrogens with zero attached hydrogens (tertiary/aromatic N) is 3. The van der Waals surface area contributed by atoms with Crippen LogP contribution >= 0.6 is 0 Å². The quantitative estimate of drug-likeness (QED) is 0.901. The lowest BCUT2D eigenvalue weighted by Gasteiger charge is -2.37. The Morgan fingerprint density at radius 1 is 1.11 bits per heavy atom. The second-order valence-electron chi connectivity index (χ2n) is 6.65. The highest BCUT2D eigenvalue weighted by molar-refractivity contribution is 5.94. The van der Waals surface area contributed by atoms with Crippen molar-refractivity contribution in [1.29, 1.82) is 5.26 Å². The molecule has 3 heterocycles. The van der Waals surface area contributed by atoms with Crippen molar-refractivity contribution in [2.24, 2.45) is 0 Å². The van der Waals surface area contributed by atoms with Gasteiger partial charge in [-0.15, -0.1) is 0 Å². The van der Waals surface area contributed by atoms with E-state index in [0.717, 1.165) is 5.69 Å². The van der Waals surface area contributed by atoms with Gasteiger partial charge >= 0.3 is 0 Å². The first kappa shape index (κ1) is 17.5. The van der Waals surface area contributed by atoms with E-state index in [4.69, 9.17) is 14.7 Å². The molecule has 0 atom stereocenters. The lowest BCUT2D eigenvalue weighted by molar-refractivity contribution is -0.181. The molecule has 2 aliphatic heterocycles. The number of benzene rings is 1. The molecule has 7 nitrogen and oxygen atoms in total. The summed E-state index contributed by atoms with van der Waals surface area (Å²) in [5, 5.41) is 12.0. The number of nitriles is 1. The maximum absolute atomic E-state index is 12.7. The topological polar surface area (TPSA) is 87.5 Å². The molecule has 138 valence electrons. The molecule has 7 heteroatoms. The fourth-order valence-electron chi connectivity index (χ4n) is 3.39. The second-order valence-corrected chi connectivity index (χ2v) is 6.65. The molecule has 2 aliphatic rings. The number of pyridine rings is 1. The average Bonchev–Trinajstić information content (AvgIpc) is 3.17. The Kier molecular flexibility index (Phi) is 4.75. The molecule has 0 bridgehead atoms. The van der Waals surface area contributed by atoms with Gasteiger partial charge in [0.2, 0.25) is 0 Å². The van der Waals surface area contributed by atoms with Crippen LogP contribution in [0.15, 0.2) is 42.6 Å². The van der Waals surface area contributed by atoms with E-state index < -0.39 is 5.79 Å². The van der Waals surface area contributed by atoms with Gasteiger partial charge in [-0.2, -0.15) is 5.26 Å². The van der Waals surface area contributed by atoms with Gasteiger partial charge in [-0.3, -0.25) is 4.79 Å². The van der Waals surface area contributed by atoms with Crippen LogP contribution in [0.4, 0.5) is 11.5 Å². The molecule has 27 heavy (non-hydrogen) atoms. The van der Waals surface area contributed by atoms with Crippen LogP contribution in [0.2, 0.25) is 0 Å². The van der Waals surface area contributed by atoms with E-state index in [0.29, 0.717) is 56.1 Å². The largest absolute Gasteiger partial charge is 0.347 e. The Hall–Kier alpha value is -2.95. The van der Waals surface area contributed by atoms with Gasteiger partial charge in [0.1, 0.15) is 5.82 Å². The highest BCUT2D eigenvalue weighted by Crippen LogP contribution is 2.31. The van der Waals surface area contributed by atoms with Gasteiger partial charge in [0.05, 0.1) is 30.4 Å². The van der Waals surface area contributed by atoms with Gasteiger partial charge in [-0.1, -0.05) is 0 Å². The first-order chi connectivity index (χ1) is 13.2. The van der Waals surface area contributed by atoms with Crippen molar-refractivity contribution < 1.29 is 14.3 Å². The monoisotopic (exact) mass is 364 g/mol. The van der Waals surface area contributed by atoms with Gasteiger partial charge in [0.25, 0.3) is 5.91 Å². The number of aromatic nitrogens is 1. The number of hydrogen-bond acceptors (Lipinski definition) is 6. The Bertz CT molecular complexity index is 842. The third-order valence-electron chi connectivity index (χ3n) is 4.92. The molecule has 0 unspecified atom stereocenters. The van der Waals surface area contributed by atoms with E-state index in [1.54, 1.807) is 30.5 Å². The standard InChI is InChI=1S/C20H20N4O3/c21-13-15-1-4-17(5-2-15)23-18-6-3-16(14-22-18)19(25)24-9-7-20(8-10-24)26-11-12-27-20/h1-6,14H,7-12H2,(H,22,23). The summed E-state index contributed by atoms with van der Waals surface area (Å²) in [7, 11) is 0. The molecule has 1 aromatic carbocycles. The molecule has 0 radical (unpaired) electrons. The number of likely N-dealkylation sites (tertiary alicyclic amines) is 1. The first-order valence-electron chi connectivity index (χ1n) is 8.98. The predicted octanol–water partition coefficient (Wildman–Crippen LogP) is 2.68. The summed E-state index contributed by atoms with van der Waals surface area (Å²) in [4.78, 5) is 18.8. The van der Waals surface area contributed by atoms with Crippen LogP contribution in [0, 0.1) is 11.3 Å². The van der Waals surface area contributed by atoms with E-state index in [1.165, 1.54) is 0 Å². The molecule has 2 aromatic rings. The minimum absolute atomic E-state index is 0.0275. The van der Waals surface area contributed by atoms with Crippen molar-refractivity contribution in [3.8, 4) is 6.07 Å². The highest BCUT2D eigenvalue weighted by Gasteiger charge is 2.40. The first-order valence-corrected chi connectivity index (χ1v) is 8.98. The number of anilines is 2. The van der Waals surface area contributed by atoms with E-state index in [2.05, 4.69) is 16.4 Å². The van der Waals surface area contributed by atoms with Crippen LogP contribution < -0.4 is 5.32 Å². The van der Waals surface area contributed by atoms with Gasteiger partial charge in [0.15, 0.2) is 5.79 Å². The van der Waals surface area contributed by atoms with Crippen LogP contribution in [-0.4, -0.2) is 47.9 Å². The van der Waals surface area contributed by atoms with E-state index in [9.17, 15) is 4.79 Å². The molecular weight excluding hydrogens is 344 g/mol. The Morgan fingerprint density at radius 2 is 1.81 bits per heavy atom. The minimum Gasteiger partial charge on any atom is -0.347 e. The van der Waals surface area contributed by atoms with Gasteiger partial charge in [0, 0.05) is 37.8 Å². The number of nitrogens with one attached hydrogen (secondary N) is 1. The zero-order chi connectivity index (χ0) is 18.7. The van der Waals surface area contributed by atoms with Crippen LogP contribution in [0.25, 0.3) is 0 Å². The summed E-state index contributed by atoms with van der Waals surface area (Å²) >= 11 is 0. The summed E-state index contributed by atoms with van der Waals surface area (Å²) in [5.41, 5.74) is 1.99. The highest BCUT2D eigenvalue weighted by atomic mass is 16.7. The summed E-state index contributed by atoms with van der Waals surface area (Å²) in [5.74, 6) is 0.131. The molecule has 4 rings (SSSR count). The Balaban J connectivity index is 1.37. The molecule has 1 aromatic heterocycles. The molecule has 1 spiro atoms. The zero-order valence-corrected chi connectivity index (χ0v) is 14.9. The van der Waals surface area contributed by atoms with Crippen LogP contribution in [0.5, 0.6) is 0 Å². The third kappa shape index (κ3) is 3.77. The van der Waals surface area contributed by atoms with E-state index >= 15 is 0 Å².